The number of anilines is 2. The van der Waals surface area contributed by atoms with Gasteiger partial charge in [-0.1, -0.05) is 0 Å². The molecule has 0 fully saturated rings. The van der Waals surface area contributed by atoms with Crippen LogP contribution in [0.2, 0.25) is 0 Å². The summed E-state index contributed by atoms with van der Waals surface area (Å²) in [5, 5.41) is 4.14. The van der Waals surface area contributed by atoms with Crippen LogP contribution in [-0.4, -0.2) is 36.8 Å². The molecule has 0 amide bonds. The number of nitrogens with zero attached hydrogens (tertiary/aromatic N) is 7. The molecule has 0 aliphatic heterocycles. The first-order valence-corrected chi connectivity index (χ1v) is 6.32. The molecule has 0 radical (unpaired) electrons. The SMILES string of the molecule is CN(Cc1cnccn1)c1ncnc(-n2cccn2)c1N. The van der Waals surface area contributed by atoms with E-state index in [4.69, 9.17) is 5.73 Å². The minimum atomic E-state index is 0.465. The molecule has 2 N–H and O–H groups in total. The van der Waals surface area contributed by atoms with Crippen molar-refractivity contribution in [2.45, 2.75) is 6.54 Å². The third kappa shape index (κ3) is 2.64. The Kier molecular flexibility index (Phi) is 3.42. The molecule has 0 aliphatic rings. The predicted molar refractivity (Wildman–Crippen MR) is 77.7 cm³/mol. The molecule has 8 nitrogen and oxygen atoms in total. The molecule has 0 spiro atoms. The fraction of sp³-hybridized carbons (Fsp3) is 0.154. The first-order chi connectivity index (χ1) is 10.3. The Morgan fingerprint density at radius 3 is 2.81 bits per heavy atom. The van der Waals surface area contributed by atoms with Crippen LogP contribution in [0.15, 0.2) is 43.4 Å². The summed E-state index contributed by atoms with van der Waals surface area (Å²) in [5.41, 5.74) is 7.46. The second-order valence-corrected chi connectivity index (χ2v) is 4.44. The molecule has 0 aliphatic carbocycles. The lowest BCUT2D eigenvalue weighted by Gasteiger charge is -2.20. The Balaban J connectivity index is 1.90. The maximum absolute atomic E-state index is 6.17. The van der Waals surface area contributed by atoms with Gasteiger partial charge in [0.05, 0.1) is 18.4 Å². The van der Waals surface area contributed by atoms with Crippen LogP contribution >= 0.6 is 0 Å². The Hall–Kier alpha value is -3.03. The summed E-state index contributed by atoms with van der Waals surface area (Å²) in [4.78, 5) is 18.6. The average Bonchev–Trinajstić information content (AvgIpc) is 3.02. The van der Waals surface area contributed by atoms with Crippen molar-refractivity contribution >= 4 is 11.5 Å². The summed E-state index contributed by atoms with van der Waals surface area (Å²) in [6.45, 7) is 0.549. The maximum atomic E-state index is 6.17. The lowest BCUT2D eigenvalue weighted by atomic mass is 10.3. The maximum Gasteiger partial charge on any atom is 0.181 e. The van der Waals surface area contributed by atoms with E-state index in [1.54, 1.807) is 35.7 Å². The van der Waals surface area contributed by atoms with Crippen LogP contribution in [0.5, 0.6) is 0 Å². The van der Waals surface area contributed by atoms with Crippen LogP contribution in [-0.2, 0) is 6.54 Å². The van der Waals surface area contributed by atoms with E-state index in [9.17, 15) is 0 Å². The van der Waals surface area contributed by atoms with E-state index in [1.807, 2.05) is 18.0 Å². The van der Waals surface area contributed by atoms with Gasteiger partial charge in [0.25, 0.3) is 0 Å². The largest absolute Gasteiger partial charge is 0.393 e. The first kappa shape index (κ1) is 13.0. The van der Waals surface area contributed by atoms with Gasteiger partial charge in [-0.2, -0.15) is 5.10 Å². The first-order valence-electron chi connectivity index (χ1n) is 6.32. The van der Waals surface area contributed by atoms with Gasteiger partial charge < -0.3 is 10.6 Å². The number of nitrogen functional groups attached to an aromatic ring is 1. The van der Waals surface area contributed by atoms with Crippen LogP contribution in [0, 0.1) is 0 Å². The van der Waals surface area contributed by atoms with E-state index in [0.717, 1.165) is 5.69 Å². The van der Waals surface area contributed by atoms with Gasteiger partial charge in [0.2, 0.25) is 0 Å². The molecule has 0 bridgehead atoms. The monoisotopic (exact) mass is 282 g/mol. The van der Waals surface area contributed by atoms with Gasteiger partial charge in [0.15, 0.2) is 11.6 Å². The summed E-state index contributed by atoms with van der Waals surface area (Å²) in [6, 6.07) is 1.81. The molecular formula is C13H14N8. The third-order valence-corrected chi connectivity index (χ3v) is 2.94. The normalized spacial score (nSPS) is 10.5. The summed E-state index contributed by atoms with van der Waals surface area (Å²) in [5.74, 6) is 1.18. The number of rotatable bonds is 4. The van der Waals surface area contributed by atoms with Crippen molar-refractivity contribution < 1.29 is 0 Å². The van der Waals surface area contributed by atoms with Crippen LogP contribution in [0.25, 0.3) is 5.82 Å². The lowest BCUT2D eigenvalue weighted by molar-refractivity contribution is 0.822. The molecule has 3 aromatic heterocycles. The minimum Gasteiger partial charge on any atom is -0.393 e. The highest BCUT2D eigenvalue weighted by Crippen LogP contribution is 2.24. The number of hydrogen-bond donors (Lipinski definition) is 1. The minimum absolute atomic E-state index is 0.465. The highest BCUT2D eigenvalue weighted by molar-refractivity contribution is 5.69. The van der Waals surface area contributed by atoms with Gasteiger partial charge >= 0.3 is 0 Å². The topological polar surface area (TPSA) is 98.6 Å². The van der Waals surface area contributed by atoms with Crippen LogP contribution in [0.1, 0.15) is 5.69 Å². The summed E-state index contributed by atoms with van der Waals surface area (Å²) < 4.78 is 1.61. The number of aromatic nitrogens is 6. The van der Waals surface area contributed by atoms with Gasteiger partial charge in [-0.15, -0.1) is 0 Å². The Bertz CT molecular complexity index is 710. The molecule has 3 rings (SSSR count). The standard InChI is InChI=1S/C13H14N8/c1-20(8-10-7-15-4-5-16-10)12-11(14)13(18-9-17-12)21-6-2-3-19-21/h2-7,9H,8,14H2,1H3. The van der Waals surface area contributed by atoms with Crippen molar-refractivity contribution in [3.8, 4) is 5.82 Å². The average molecular weight is 282 g/mol. The molecule has 106 valence electrons. The highest BCUT2D eigenvalue weighted by Gasteiger charge is 2.14. The summed E-state index contributed by atoms with van der Waals surface area (Å²) in [6.07, 6.45) is 9.92. The van der Waals surface area contributed by atoms with E-state index in [-0.39, 0.29) is 0 Å². The molecule has 3 heterocycles. The fourth-order valence-corrected chi connectivity index (χ4v) is 1.99. The van der Waals surface area contributed by atoms with Crippen LogP contribution in [0.3, 0.4) is 0 Å². The van der Waals surface area contributed by atoms with Gasteiger partial charge in [0.1, 0.15) is 12.0 Å². The molecule has 0 atom stereocenters. The van der Waals surface area contributed by atoms with E-state index >= 15 is 0 Å². The summed E-state index contributed by atoms with van der Waals surface area (Å²) in [7, 11) is 1.89. The van der Waals surface area contributed by atoms with Crippen molar-refractivity contribution in [3.63, 3.8) is 0 Å². The number of hydrogen-bond acceptors (Lipinski definition) is 7. The van der Waals surface area contributed by atoms with Crippen molar-refractivity contribution in [1.82, 2.24) is 29.7 Å². The third-order valence-electron chi connectivity index (χ3n) is 2.94. The van der Waals surface area contributed by atoms with Crippen molar-refractivity contribution in [3.05, 3.63) is 49.1 Å². The Morgan fingerprint density at radius 1 is 1.19 bits per heavy atom. The van der Waals surface area contributed by atoms with E-state index in [2.05, 4.69) is 25.0 Å². The van der Waals surface area contributed by atoms with Crippen molar-refractivity contribution in [2.24, 2.45) is 0 Å². The van der Waals surface area contributed by atoms with Crippen LogP contribution < -0.4 is 10.6 Å². The van der Waals surface area contributed by atoms with Gasteiger partial charge in [-0.3, -0.25) is 9.97 Å². The van der Waals surface area contributed by atoms with Gasteiger partial charge in [0, 0.05) is 31.8 Å². The van der Waals surface area contributed by atoms with E-state index < -0.39 is 0 Å². The summed E-state index contributed by atoms with van der Waals surface area (Å²) >= 11 is 0. The molecule has 21 heavy (non-hydrogen) atoms. The van der Waals surface area contributed by atoms with Crippen LogP contribution in [0.4, 0.5) is 11.5 Å². The zero-order valence-corrected chi connectivity index (χ0v) is 11.5. The smallest absolute Gasteiger partial charge is 0.181 e. The van der Waals surface area contributed by atoms with Gasteiger partial charge in [-0.25, -0.2) is 14.6 Å². The second-order valence-electron chi connectivity index (χ2n) is 4.44. The molecule has 8 heteroatoms. The van der Waals surface area contributed by atoms with Crippen molar-refractivity contribution in [1.29, 1.82) is 0 Å². The Labute approximate surface area is 121 Å². The molecule has 3 aromatic rings. The molecule has 0 saturated heterocycles. The number of nitrogens with two attached hydrogens (primary N) is 1. The lowest BCUT2D eigenvalue weighted by Crippen LogP contribution is -2.21. The van der Waals surface area contributed by atoms with E-state index in [0.29, 0.717) is 23.9 Å². The molecule has 0 aromatic carbocycles. The highest BCUT2D eigenvalue weighted by atomic mass is 15.3. The zero-order chi connectivity index (χ0) is 14.7. The molecule has 0 unspecified atom stereocenters. The predicted octanol–water partition coefficient (Wildman–Crippen LogP) is 0.671. The zero-order valence-electron chi connectivity index (χ0n) is 11.5. The quantitative estimate of drug-likeness (QED) is 0.750. The Morgan fingerprint density at radius 2 is 2.10 bits per heavy atom. The fourth-order valence-electron chi connectivity index (χ4n) is 1.99. The van der Waals surface area contributed by atoms with Crippen molar-refractivity contribution in [2.75, 3.05) is 17.7 Å². The molecular weight excluding hydrogens is 268 g/mol. The van der Waals surface area contributed by atoms with Gasteiger partial charge in [-0.05, 0) is 6.07 Å². The van der Waals surface area contributed by atoms with E-state index in [1.165, 1.54) is 6.33 Å². The second kappa shape index (κ2) is 5.53. The molecule has 0 saturated carbocycles.